The van der Waals surface area contributed by atoms with Crippen molar-refractivity contribution in [2.24, 2.45) is 0 Å². The van der Waals surface area contributed by atoms with Crippen molar-refractivity contribution in [3.63, 3.8) is 0 Å². The Morgan fingerprint density at radius 3 is 1.16 bits per heavy atom. The molecule has 0 fully saturated rings. The van der Waals surface area contributed by atoms with Gasteiger partial charge in [0, 0.05) is 38.0 Å². The maximum absolute atomic E-state index is 12.0. The third-order valence-electron chi connectivity index (χ3n) is 13.5. The Hall–Kier alpha value is -6.57. The van der Waals surface area contributed by atoms with Crippen LogP contribution in [0, 0.1) is 11.3 Å². The predicted octanol–water partition coefficient (Wildman–Crippen LogP) is 16.0. The number of nitriles is 1. The van der Waals surface area contributed by atoms with Gasteiger partial charge in [-0.1, -0.05) is 144 Å². The highest BCUT2D eigenvalue weighted by Crippen LogP contribution is 2.46. The van der Waals surface area contributed by atoms with Crippen LogP contribution in [0.2, 0.25) is 0 Å². The lowest BCUT2D eigenvalue weighted by Gasteiger charge is -2.22. The highest BCUT2D eigenvalue weighted by atomic mass is 15.1. The molecule has 0 bridgehead atoms. The summed E-state index contributed by atoms with van der Waals surface area (Å²) in [6.07, 6.45) is 0. The van der Waals surface area contributed by atoms with Crippen molar-refractivity contribution in [1.82, 2.24) is 13.7 Å². The lowest BCUT2D eigenvalue weighted by Crippen LogP contribution is -2.11. The fraction of sp³-hybridized carbons (Fsp3) is 0.271. The van der Waals surface area contributed by atoms with Gasteiger partial charge in [-0.25, -0.2) is 0 Å². The van der Waals surface area contributed by atoms with E-state index in [1.54, 1.807) is 0 Å². The van der Waals surface area contributed by atoms with Crippen LogP contribution in [0.5, 0.6) is 0 Å². The number of benzene rings is 7. The molecule has 0 atom stereocenters. The Morgan fingerprint density at radius 2 is 0.746 bits per heavy atom. The smallest absolute Gasteiger partial charge is 0.104 e. The molecule has 0 unspecified atom stereocenters. The minimum Gasteiger partial charge on any atom is -0.308 e. The summed E-state index contributed by atoms with van der Waals surface area (Å²) < 4.78 is 7.17. The molecule has 0 aliphatic carbocycles. The summed E-state index contributed by atoms with van der Waals surface area (Å²) in [6.45, 7) is 27.5. The molecule has 0 aliphatic heterocycles. The molecule has 0 saturated carbocycles. The molecule has 0 saturated heterocycles. The van der Waals surface area contributed by atoms with Crippen LogP contribution in [0.25, 0.3) is 82.5 Å². The average Bonchev–Trinajstić information content (AvgIpc) is 3.86. The maximum atomic E-state index is 12.0. The van der Waals surface area contributed by atoms with E-state index in [4.69, 9.17) is 0 Å². The molecule has 10 rings (SSSR count). The molecule has 0 amide bonds. The maximum Gasteiger partial charge on any atom is 0.104 e. The molecule has 0 N–H and O–H groups in total. The largest absolute Gasteiger partial charge is 0.308 e. The van der Waals surface area contributed by atoms with E-state index in [9.17, 15) is 5.26 Å². The Labute approximate surface area is 372 Å². The van der Waals surface area contributed by atoms with E-state index in [2.05, 4.69) is 236 Å². The monoisotopic (exact) mass is 822 g/mol. The van der Waals surface area contributed by atoms with Gasteiger partial charge in [0.1, 0.15) is 11.6 Å². The van der Waals surface area contributed by atoms with Gasteiger partial charge in [-0.15, -0.1) is 0 Å². The molecular weight excluding hydrogens is 765 g/mol. The molecule has 63 heavy (non-hydrogen) atoms. The van der Waals surface area contributed by atoms with Gasteiger partial charge < -0.3 is 13.7 Å². The van der Waals surface area contributed by atoms with Gasteiger partial charge in [-0.05, 0) is 117 Å². The number of rotatable bonds is 3. The van der Waals surface area contributed by atoms with E-state index in [1.165, 1.54) is 43.8 Å². The van der Waals surface area contributed by atoms with E-state index in [1.807, 2.05) is 0 Å². The second-order valence-electron chi connectivity index (χ2n) is 21.9. The first-order valence-electron chi connectivity index (χ1n) is 22.5. The molecule has 4 heteroatoms. The van der Waals surface area contributed by atoms with Crippen molar-refractivity contribution in [3.8, 4) is 23.1 Å². The number of nitrogens with zero attached hydrogens (tertiary/aromatic N) is 4. The van der Waals surface area contributed by atoms with Crippen LogP contribution in [-0.4, -0.2) is 13.7 Å². The van der Waals surface area contributed by atoms with Crippen LogP contribution in [0.15, 0.2) is 133 Å². The van der Waals surface area contributed by atoms with Gasteiger partial charge in [0.25, 0.3) is 0 Å². The minimum atomic E-state index is -0.0520. The van der Waals surface area contributed by atoms with E-state index in [-0.39, 0.29) is 21.7 Å². The van der Waals surface area contributed by atoms with Crippen molar-refractivity contribution in [3.05, 3.63) is 161 Å². The summed E-state index contributed by atoms with van der Waals surface area (Å²) in [7, 11) is 0. The SMILES string of the molecule is CC(C)(C)c1ccc2c(c1)c1cc(C(C)(C)C)ccc1n2-c1cc2c3ccccc3n(-c3ccccc3)c2c(C#N)c1-n1c2ccc(C(C)(C)C)cc2c2cc(C(C)(C)C)ccc21. The highest BCUT2D eigenvalue weighted by molar-refractivity contribution is 6.17. The van der Waals surface area contributed by atoms with Crippen LogP contribution >= 0.6 is 0 Å². The quantitative estimate of drug-likeness (QED) is 0.175. The van der Waals surface area contributed by atoms with Crippen molar-refractivity contribution < 1.29 is 0 Å². The van der Waals surface area contributed by atoms with Gasteiger partial charge in [0.05, 0.1) is 44.5 Å². The van der Waals surface area contributed by atoms with Gasteiger partial charge in [0.15, 0.2) is 0 Å². The van der Waals surface area contributed by atoms with Crippen LogP contribution in [-0.2, 0) is 21.7 Å². The Kier molecular flexibility index (Phi) is 8.82. The van der Waals surface area contributed by atoms with Gasteiger partial charge in [-0.2, -0.15) is 5.26 Å². The summed E-state index contributed by atoms with van der Waals surface area (Å²) in [5.74, 6) is 0. The summed E-state index contributed by atoms with van der Waals surface area (Å²) in [5.41, 5.74) is 14.8. The fourth-order valence-corrected chi connectivity index (χ4v) is 9.86. The topological polar surface area (TPSA) is 38.6 Å². The number of hydrogen-bond acceptors (Lipinski definition) is 1. The molecule has 314 valence electrons. The van der Waals surface area contributed by atoms with Gasteiger partial charge in [-0.3, -0.25) is 0 Å². The van der Waals surface area contributed by atoms with Crippen LogP contribution in [0.4, 0.5) is 0 Å². The molecule has 10 aromatic rings. The molecule has 7 aromatic carbocycles. The predicted molar refractivity (Wildman–Crippen MR) is 269 cm³/mol. The first-order chi connectivity index (χ1) is 29.8. The van der Waals surface area contributed by atoms with E-state index in [0.29, 0.717) is 5.56 Å². The van der Waals surface area contributed by atoms with Crippen LogP contribution in [0.3, 0.4) is 0 Å². The average molecular weight is 823 g/mol. The summed E-state index contributed by atoms with van der Waals surface area (Å²) in [4.78, 5) is 0. The fourth-order valence-electron chi connectivity index (χ4n) is 9.86. The molecule has 0 radical (unpaired) electrons. The standard InChI is InChI=1S/C59H58N4/c1-56(2,3)36-22-26-49-42(30-36)43-31-37(57(4,5)6)23-27-50(43)62(49)53-34-46-41-20-16-17-21-48(41)61(40-18-14-13-15-19-40)54(46)47(35-60)55(53)63-51-28-24-38(58(7,8)9)32-44(51)45-33-39(59(10,11)12)25-29-52(45)63/h13-34H,1-12H3. The van der Waals surface area contributed by atoms with E-state index >= 15 is 0 Å². The number of para-hydroxylation sites is 2. The second-order valence-corrected chi connectivity index (χ2v) is 21.9. The molecular formula is C59H58N4. The third-order valence-corrected chi connectivity index (χ3v) is 13.5. The lowest BCUT2D eigenvalue weighted by atomic mass is 9.85. The molecule has 3 heterocycles. The van der Waals surface area contributed by atoms with Crippen LogP contribution < -0.4 is 0 Å². The zero-order valence-corrected chi connectivity index (χ0v) is 39.0. The zero-order chi connectivity index (χ0) is 44.5. The Morgan fingerprint density at radius 1 is 0.365 bits per heavy atom. The van der Waals surface area contributed by atoms with Crippen molar-refractivity contribution in [2.75, 3.05) is 0 Å². The summed E-state index contributed by atoms with van der Waals surface area (Å²) >= 11 is 0. The third kappa shape index (κ3) is 6.30. The number of fused-ring (bicyclic) bond motifs is 9. The molecule has 0 aliphatic rings. The zero-order valence-electron chi connectivity index (χ0n) is 39.0. The Bertz CT molecular complexity index is 3390. The molecule has 3 aromatic heterocycles. The van der Waals surface area contributed by atoms with Gasteiger partial charge >= 0.3 is 0 Å². The van der Waals surface area contributed by atoms with Crippen molar-refractivity contribution in [1.29, 1.82) is 5.26 Å². The van der Waals surface area contributed by atoms with Crippen molar-refractivity contribution in [2.45, 2.75) is 105 Å². The molecule has 0 spiro atoms. The second kappa shape index (κ2) is 13.7. The van der Waals surface area contributed by atoms with E-state index in [0.717, 1.165) is 60.9 Å². The van der Waals surface area contributed by atoms with Crippen LogP contribution in [0.1, 0.15) is 111 Å². The molecule has 4 nitrogen and oxygen atoms in total. The van der Waals surface area contributed by atoms with Crippen molar-refractivity contribution >= 4 is 65.4 Å². The lowest BCUT2D eigenvalue weighted by molar-refractivity contribution is 0.590. The normalized spacial score (nSPS) is 13.1. The van der Waals surface area contributed by atoms with E-state index < -0.39 is 0 Å². The van der Waals surface area contributed by atoms with Gasteiger partial charge in [0.2, 0.25) is 0 Å². The first kappa shape index (κ1) is 40.5. The first-order valence-corrected chi connectivity index (χ1v) is 22.5. The Balaban J connectivity index is 1.47. The number of aromatic nitrogens is 3. The minimum absolute atomic E-state index is 0.0393. The highest BCUT2D eigenvalue weighted by Gasteiger charge is 2.30. The number of hydrogen-bond donors (Lipinski definition) is 0. The summed E-state index contributed by atoms with van der Waals surface area (Å²) in [6, 6.07) is 52.4. The summed E-state index contributed by atoms with van der Waals surface area (Å²) in [5, 5.41) is 18.9.